The van der Waals surface area contributed by atoms with Gasteiger partial charge in [-0.15, -0.1) is 0 Å². The minimum Gasteiger partial charge on any atom is -0.339 e. The van der Waals surface area contributed by atoms with Gasteiger partial charge in [-0.05, 0) is 37.4 Å². The maximum atomic E-state index is 12.9. The van der Waals surface area contributed by atoms with Crippen LogP contribution < -0.4 is 0 Å². The first-order chi connectivity index (χ1) is 13.4. The summed E-state index contributed by atoms with van der Waals surface area (Å²) in [5.74, 6) is -0.508. The van der Waals surface area contributed by atoms with Crippen molar-refractivity contribution in [1.82, 2.24) is 14.7 Å². The van der Waals surface area contributed by atoms with Crippen LogP contribution in [0.25, 0.3) is 0 Å². The van der Waals surface area contributed by atoms with Crippen molar-refractivity contribution in [3.63, 3.8) is 0 Å². The molecular weight excluding hydrogens is 361 g/mol. The van der Waals surface area contributed by atoms with Gasteiger partial charge in [0.2, 0.25) is 11.8 Å². The Labute approximate surface area is 166 Å². The second kappa shape index (κ2) is 10.9. The lowest BCUT2D eigenvalue weighted by molar-refractivity contribution is -0.139. The molecule has 1 aliphatic heterocycles. The zero-order valence-corrected chi connectivity index (χ0v) is 16.8. The highest BCUT2D eigenvalue weighted by atomic mass is 19.1. The molecule has 1 saturated heterocycles. The molecule has 0 radical (unpaired) electrons. The smallest absolute Gasteiger partial charge is 0.223 e. The molecule has 0 N–H and O–H groups in total. The van der Waals surface area contributed by atoms with Gasteiger partial charge in [-0.1, -0.05) is 13.8 Å². The molecule has 1 aliphatic rings. The summed E-state index contributed by atoms with van der Waals surface area (Å²) < 4.78 is 12.9. The fourth-order valence-electron chi connectivity index (χ4n) is 3.32. The first-order valence-corrected chi connectivity index (χ1v) is 10.0. The summed E-state index contributed by atoms with van der Waals surface area (Å²) in [7, 11) is 0. The highest BCUT2D eigenvalue weighted by Crippen LogP contribution is 2.11. The van der Waals surface area contributed by atoms with Gasteiger partial charge in [0.1, 0.15) is 5.82 Å². The monoisotopic (exact) mass is 391 g/mol. The van der Waals surface area contributed by atoms with E-state index in [4.69, 9.17) is 0 Å². The van der Waals surface area contributed by atoms with Crippen molar-refractivity contribution in [2.45, 2.75) is 33.1 Å². The topological polar surface area (TPSA) is 60.9 Å². The van der Waals surface area contributed by atoms with Crippen LogP contribution in [0.2, 0.25) is 0 Å². The van der Waals surface area contributed by atoms with Crippen LogP contribution in [0, 0.1) is 5.82 Å². The van der Waals surface area contributed by atoms with Crippen molar-refractivity contribution < 1.29 is 18.8 Å². The van der Waals surface area contributed by atoms with Gasteiger partial charge >= 0.3 is 0 Å². The van der Waals surface area contributed by atoms with Gasteiger partial charge in [0.15, 0.2) is 5.78 Å². The highest BCUT2D eigenvalue weighted by molar-refractivity contribution is 5.97. The minimum atomic E-state index is -0.392. The zero-order valence-electron chi connectivity index (χ0n) is 16.8. The van der Waals surface area contributed by atoms with E-state index >= 15 is 0 Å². The molecule has 1 aromatic rings. The number of ketones is 1. The largest absolute Gasteiger partial charge is 0.339 e. The average Bonchev–Trinajstić information content (AvgIpc) is 2.73. The van der Waals surface area contributed by atoms with E-state index in [1.165, 1.54) is 24.3 Å². The van der Waals surface area contributed by atoms with Crippen LogP contribution in [-0.2, 0) is 9.59 Å². The maximum Gasteiger partial charge on any atom is 0.223 e. The lowest BCUT2D eigenvalue weighted by Crippen LogP contribution is -2.51. The van der Waals surface area contributed by atoms with Crippen molar-refractivity contribution in [2.24, 2.45) is 0 Å². The maximum absolute atomic E-state index is 12.9. The van der Waals surface area contributed by atoms with Gasteiger partial charge in [-0.25, -0.2) is 4.39 Å². The standard InChI is InChI=1S/C21H30FN3O3/c1-3-23(4-2)12-11-21(28)25-15-13-24(14-16-25)20(27)10-9-19(26)17-5-7-18(22)8-6-17/h5-8H,3-4,9-16H2,1-2H3. The molecule has 0 spiro atoms. The van der Waals surface area contributed by atoms with Crippen molar-refractivity contribution in [3.8, 4) is 0 Å². The average molecular weight is 391 g/mol. The molecule has 0 aliphatic carbocycles. The predicted octanol–water partition coefficient (Wildman–Crippen LogP) is 2.19. The Morgan fingerprint density at radius 1 is 0.857 bits per heavy atom. The molecule has 0 unspecified atom stereocenters. The van der Waals surface area contributed by atoms with Crippen LogP contribution in [0.4, 0.5) is 4.39 Å². The normalized spacial score (nSPS) is 14.4. The molecule has 7 heteroatoms. The molecule has 1 fully saturated rings. The number of halogens is 1. The predicted molar refractivity (Wildman–Crippen MR) is 106 cm³/mol. The van der Waals surface area contributed by atoms with Gasteiger partial charge in [-0.2, -0.15) is 0 Å². The third kappa shape index (κ3) is 6.41. The van der Waals surface area contributed by atoms with Gasteiger partial charge in [0.05, 0.1) is 0 Å². The third-order valence-corrected chi connectivity index (χ3v) is 5.25. The van der Waals surface area contributed by atoms with Gasteiger partial charge in [-0.3, -0.25) is 14.4 Å². The number of hydrogen-bond acceptors (Lipinski definition) is 4. The molecule has 1 heterocycles. The van der Waals surface area contributed by atoms with Crippen molar-refractivity contribution in [1.29, 1.82) is 0 Å². The molecule has 0 bridgehead atoms. The van der Waals surface area contributed by atoms with E-state index in [-0.39, 0.29) is 30.4 Å². The molecule has 0 saturated carbocycles. The Balaban J connectivity index is 1.72. The Bertz CT molecular complexity index is 666. The van der Waals surface area contributed by atoms with E-state index < -0.39 is 5.82 Å². The van der Waals surface area contributed by atoms with E-state index in [9.17, 15) is 18.8 Å². The summed E-state index contributed by atoms with van der Waals surface area (Å²) in [6.45, 7) is 8.87. The summed E-state index contributed by atoms with van der Waals surface area (Å²) in [5, 5.41) is 0. The van der Waals surface area contributed by atoms with E-state index in [1.807, 2.05) is 4.90 Å². The number of carbonyl (C=O) groups excluding carboxylic acids is 3. The highest BCUT2D eigenvalue weighted by Gasteiger charge is 2.24. The molecule has 28 heavy (non-hydrogen) atoms. The molecule has 154 valence electrons. The number of hydrogen-bond donors (Lipinski definition) is 0. The van der Waals surface area contributed by atoms with Gasteiger partial charge in [0.25, 0.3) is 0 Å². The van der Waals surface area contributed by atoms with Gasteiger partial charge in [0, 0.05) is 57.5 Å². The van der Waals surface area contributed by atoms with Crippen LogP contribution in [0.3, 0.4) is 0 Å². The van der Waals surface area contributed by atoms with Gasteiger partial charge < -0.3 is 14.7 Å². The summed E-state index contributed by atoms with van der Waals surface area (Å²) in [6, 6.07) is 5.35. The summed E-state index contributed by atoms with van der Waals surface area (Å²) >= 11 is 0. The SMILES string of the molecule is CCN(CC)CCC(=O)N1CCN(C(=O)CCC(=O)c2ccc(F)cc2)CC1. The molecule has 2 rings (SSSR count). The summed E-state index contributed by atoms with van der Waals surface area (Å²) in [6.07, 6.45) is 0.737. The Hall–Kier alpha value is -2.28. The van der Waals surface area contributed by atoms with E-state index in [1.54, 1.807) is 4.90 Å². The second-order valence-electron chi connectivity index (χ2n) is 6.97. The fourth-order valence-corrected chi connectivity index (χ4v) is 3.32. The molecular formula is C21H30FN3O3. The Kier molecular flexibility index (Phi) is 8.57. The zero-order chi connectivity index (χ0) is 20.5. The lowest BCUT2D eigenvalue weighted by Gasteiger charge is -2.35. The number of piperazine rings is 1. The minimum absolute atomic E-state index is 0.0781. The third-order valence-electron chi connectivity index (χ3n) is 5.25. The van der Waals surface area contributed by atoms with Crippen LogP contribution in [0.1, 0.15) is 43.5 Å². The number of rotatable bonds is 9. The fraction of sp³-hybridized carbons (Fsp3) is 0.571. The Morgan fingerprint density at radius 3 is 1.86 bits per heavy atom. The van der Waals surface area contributed by atoms with E-state index in [0.29, 0.717) is 38.2 Å². The first kappa shape index (κ1) is 22.0. The van der Waals surface area contributed by atoms with E-state index in [2.05, 4.69) is 18.7 Å². The van der Waals surface area contributed by atoms with Crippen LogP contribution >= 0.6 is 0 Å². The number of Topliss-reactive ketones (excluding diaryl/α,β-unsaturated/α-hetero) is 1. The second-order valence-corrected chi connectivity index (χ2v) is 6.97. The summed E-state index contributed by atoms with van der Waals surface area (Å²) in [4.78, 5) is 42.6. The number of nitrogens with zero attached hydrogens (tertiary/aromatic N) is 3. The number of amides is 2. The van der Waals surface area contributed by atoms with Crippen molar-refractivity contribution >= 4 is 17.6 Å². The summed E-state index contributed by atoms with van der Waals surface area (Å²) in [5.41, 5.74) is 0.415. The molecule has 2 amide bonds. The first-order valence-electron chi connectivity index (χ1n) is 10.0. The lowest BCUT2D eigenvalue weighted by atomic mass is 10.1. The molecule has 0 atom stereocenters. The quantitative estimate of drug-likeness (QED) is 0.606. The van der Waals surface area contributed by atoms with Crippen molar-refractivity contribution in [2.75, 3.05) is 45.8 Å². The Morgan fingerprint density at radius 2 is 1.36 bits per heavy atom. The molecule has 6 nitrogen and oxygen atoms in total. The molecule has 1 aromatic carbocycles. The van der Waals surface area contributed by atoms with Crippen molar-refractivity contribution in [3.05, 3.63) is 35.6 Å². The van der Waals surface area contributed by atoms with Crippen LogP contribution in [0.5, 0.6) is 0 Å². The number of benzene rings is 1. The van der Waals surface area contributed by atoms with Crippen LogP contribution in [-0.4, -0.2) is 78.1 Å². The number of carbonyl (C=O) groups is 3. The van der Waals surface area contributed by atoms with Crippen LogP contribution in [0.15, 0.2) is 24.3 Å². The molecule has 0 aromatic heterocycles. The van der Waals surface area contributed by atoms with E-state index in [0.717, 1.165) is 19.6 Å².